The standard InChI is InChI=1S/C11H20N2OS2/c1-3-11(14,8-12)5-4-6-15-10-13-9(2)7-16-10/h7,14H,3-6,8,12H2,1-2H3. The first-order valence-electron chi connectivity index (χ1n) is 5.57. The summed E-state index contributed by atoms with van der Waals surface area (Å²) in [4.78, 5) is 4.38. The van der Waals surface area contributed by atoms with E-state index < -0.39 is 5.60 Å². The van der Waals surface area contributed by atoms with Crippen LogP contribution in [-0.4, -0.2) is 28.0 Å². The Labute approximate surface area is 105 Å². The van der Waals surface area contributed by atoms with E-state index in [-0.39, 0.29) is 0 Å². The van der Waals surface area contributed by atoms with Gasteiger partial charge in [0.1, 0.15) is 4.34 Å². The van der Waals surface area contributed by atoms with Crippen molar-refractivity contribution in [1.29, 1.82) is 0 Å². The van der Waals surface area contributed by atoms with Crippen LogP contribution in [0.1, 0.15) is 31.9 Å². The zero-order chi connectivity index (χ0) is 12.0. The molecule has 0 spiro atoms. The molecule has 0 radical (unpaired) electrons. The van der Waals surface area contributed by atoms with Crippen molar-refractivity contribution < 1.29 is 5.11 Å². The maximum Gasteiger partial charge on any atom is 0.150 e. The van der Waals surface area contributed by atoms with Crippen LogP contribution < -0.4 is 5.73 Å². The first-order chi connectivity index (χ1) is 7.59. The third kappa shape index (κ3) is 4.41. The van der Waals surface area contributed by atoms with Crippen LogP contribution in [0.4, 0.5) is 0 Å². The van der Waals surface area contributed by atoms with E-state index in [2.05, 4.69) is 10.4 Å². The van der Waals surface area contributed by atoms with Gasteiger partial charge in [-0.1, -0.05) is 18.7 Å². The third-order valence-electron chi connectivity index (χ3n) is 2.65. The van der Waals surface area contributed by atoms with Crippen LogP contribution in [0.3, 0.4) is 0 Å². The molecule has 0 aliphatic heterocycles. The molecule has 1 atom stereocenters. The average Bonchev–Trinajstić information content (AvgIpc) is 2.70. The largest absolute Gasteiger partial charge is 0.389 e. The number of hydrogen-bond donors (Lipinski definition) is 2. The van der Waals surface area contributed by atoms with Crippen molar-refractivity contribution in [2.24, 2.45) is 5.73 Å². The minimum absolute atomic E-state index is 0.352. The molecule has 5 heteroatoms. The number of aliphatic hydroxyl groups is 1. The highest BCUT2D eigenvalue weighted by atomic mass is 32.2. The van der Waals surface area contributed by atoms with Crippen LogP contribution in [0, 0.1) is 6.92 Å². The molecule has 0 aliphatic carbocycles. The molecule has 0 aliphatic rings. The fourth-order valence-corrected chi connectivity index (χ4v) is 3.24. The van der Waals surface area contributed by atoms with Gasteiger partial charge in [-0.2, -0.15) is 0 Å². The van der Waals surface area contributed by atoms with E-state index in [1.165, 1.54) is 0 Å². The number of aryl methyl sites for hydroxylation is 1. The molecule has 1 unspecified atom stereocenters. The zero-order valence-electron chi connectivity index (χ0n) is 9.90. The Kier molecular flexibility index (Phi) is 5.75. The van der Waals surface area contributed by atoms with E-state index in [1.54, 1.807) is 23.1 Å². The van der Waals surface area contributed by atoms with Crippen LogP contribution >= 0.6 is 23.1 Å². The van der Waals surface area contributed by atoms with Crippen molar-refractivity contribution in [3.63, 3.8) is 0 Å². The first kappa shape index (κ1) is 14.0. The molecule has 1 aromatic heterocycles. The van der Waals surface area contributed by atoms with Gasteiger partial charge in [0.2, 0.25) is 0 Å². The van der Waals surface area contributed by atoms with Gasteiger partial charge in [0.25, 0.3) is 0 Å². The molecule has 1 aromatic rings. The number of thioether (sulfide) groups is 1. The Hall–Kier alpha value is -0.100. The first-order valence-corrected chi connectivity index (χ1v) is 7.43. The van der Waals surface area contributed by atoms with Crippen molar-refractivity contribution in [3.05, 3.63) is 11.1 Å². The Balaban J connectivity index is 2.21. The maximum atomic E-state index is 9.98. The Morgan fingerprint density at radius 2 is 2.38 bits per heavy atom. The fraction of sp³-hybridized carbons (Fsp3) is 0.727. The number of thiazole rings is 1. The second kappa shape index (κ2) is 6.59. The second-order valence-electron chi connectivity index (χ2n) is 3.99. The minimum Gasteiger partial charge on any atom is -0.389 e. The molecule has 0 aromatic carbocycles. The highest BCUT2D eigenvalue weighted by Gasteiger charge is 2.21. The average molecular weight is 260 g/mol. The number of hydrogen-bond acceptors (Lipinski definition) is 5. The molecule has 0 saturated carbocycles. The van der Waals surface area contributed by atoms with Crippen LogP contribution in [0.25, 0.3) is 0 Å². The molecule has 16 heavy (non-hydrogen) atoms. The maximum absolute atomic E-state index is 9.98. The minimum atomic E-state index is -0.667. The zero-order valence-corrected chi connectivity index (χ0v) is 11.5. The van der Waals surface area contributed by atoms with Crippen molar-refractivity contribution >= 4 is 23.1 Å². The molecule has 92 valence electrons. The molecule has 0 amide bonds. The monoisotopic (exact) mass is 260 g/mol. The highest BCUT2D eigenvalue weighted by Crippen LogP contribution is 2.25. The molecule has 0 saturated heterocycles. The third-order valence-corrected chi connectivity index (χ3v) is 4.87. The fourth-order valence-electron chi connectivity index (χ4n) is 1.38. The summed E-state index contributed by atoms with van der Waals surface area (Å²) >= 11 is 3.44. The van der Waals surface area contributed by atoms with Gasteiger partial charge in [0.15, 0.2) is 0 Å². The van der Waals surface area contributed by atoms with Gasteiger partial charge in [-0.15, -0.1) is 11.3 Å². The van der Waals surface area contributed by atoms with Crippen molar-refractivity contribution in [1.82, 2.24) is 4.98 Å². The van der Waals surface area contributed by atoms with Crippen molar-refractivity contribution in [3.8, 4) is 0 Å². The number of rotatable bonds is 7. The smallest absolute Gasteiger partial charge is 0.150 e. The van der Waals surface area contributed by atoms with E-state index in [1.807, 2.05) is 13.8 Å². The van der Waals surface area contributed by atoms with Crippen LogP contribution in [0.2, 0.25) is 0 Å². The lowest BCUT2D eigenvalue weighted by atomic mass is 9.95. The Morgan fingerprint density at radius 3 is 2.88 bits per heavy atom. The summed E-state index contributed by atoms with van der Waals surface area (Å²) < 4.78 is 1.12. The summed E-state index contributed by atoms with van der Waals surface area (Å²) in [7, 11) is 0. The molecule has 0 bridgehead atoms. The van der Waals surface area contributed by atoms with E-state index in [0.29, 0.717) is 6.54 Å². The van der Waals surface area contributed by atoms with E-state index >= 15 is 0 Å². The van der Waals surface area contributed by atoms with E-state index in [4.69, 9.17) is 5.73 Å². The lowest BCUT2D eigenvalue weighted by Gasteiger charge is -2.24. The van der Waals surface area contributed by atoms with Crippen molar-refractivity contribution in [2.45, 2.75) is 43.1 Å². The van der Waals surface area contributed by atoms with Crippen LogP contribution in [-0.2, 0) is 0 Å². The molecule has 1 rings (SSSR count). The lowest BCUT2D eigenvalue weighted by molar-refractivity contribution is 0.0360. The summed E-state index contributed by atoms with van der Waals surface area (Å²) in [5, 5.41) is 12.0. The lowest BCUT2D eigenvalue weighted by Crippen LogP contribution is -2.36. The molecule has 1 heterocycles. The summed E-state index contributed by atoms with van der Waals surface area (Å²) in [5.74, 6) is 0.995. The van der Waals surface area contributed by atoms with Gasteiger partial charge < -0.3 is 10.8 Å². The Bertz CT molecular complexity index is 311. The van der Waals surface area contributed by atoms with E-state index in [9.17, 15) is 5.11 Å². The second-order valence-corrected chi connectivity index (χ2v) is 6.19. The van der Waals surface area contributed by atoms with Gasteiger partial charge in [-0.3, -0.25) is 0 Å². The summed E-state index contributed by atoms with van der Waals surface area (Å²) in [6.45, 7) is 4.33. The van der Waals surface area contributed by atoms with Gasteiger partial charge in [0, 0.05) is 23.4 Å². The molecular weight excluding hydrogens is 240 g/mol. The summed E-state index contributed by atoms with van der Waals surface area (Å²) in [6.07, 6.45) is 2.48. The SMILES string of the molecule is CCC(O)(CN)CCCSc1nc(C)cs1. The molecular formula is C11H20N2OS2. The predicted octanol–water partition coefficient (Wildman–Crippen LogP) is 2.42. The molecule has 3 N–H and O–H groups in total. The number of nitrogens with two attached hydrogens (primary N) is 1. The Morgan fingerprint density at radius 1 is 1.62 bits per heavy atom. The van der Waals surface area contributed by atoms with Gasteiger partial charge in [-0.05, 0) is 26.2 Å². The molecule has 3 nitrogen and oxygen atoms in total. The van der Waals surface area contributed by atoms with Crippen molar-refractivity contribution in [2.75, 3.05) is 12.3 Å². The quantitative estimate of drug-likeness (QED) is 0.584. The number of nitrogens with zero attached hydrogens (tertiary/aromatic N) is 1. The topological polar surface area (TPSA) is 59.1 Å². The summed E-state index contributed by atoms with van der Waals surface area (Å²) in [6, 6.07) is 0. The highest BCUT2D eigenvalue weighted by molar-refractivity contribution is 8.00. The predicted molar refractivity (Wildman–Crippen MR) is 71.1 cm³/mol. The van der Waals surface area contributed by atoms with Crippen LogP contribution in [0.5, 0.6) is 0 Å². The van der Waals surface area contributed by atoms with Gasteiger partial charge in [-0.25, -0.2) is 4.98 Å². The number of aromatic nitrogens is 1. The van der Waals surface area contributed by atoms with Crippen LogP contribution in [0.15, 0.2) is 9.72 Å². The van der Waals surface area contributed by atoms with E-state index in [0.717, 1.165) is 35.0 Å². The van der Waals surface area contributed by atoms with Gasteiger partial charge >= 0.3 is 0 Å². The summed E-state index contributed by atoms with van der Waals surface area (Å²) in [5.41, 5.74) is 5.96. The normalized spacial score (nSPS) is 15.0. The van der Waals surface area contributed by atoms with Gasteiger partial charge in [0.05, 0.1) is 5.60 Å². The molecule has 0 fully saturated rings.